The highest BCUT2D eigenvalue weighted by Crippen LogP contribution is 2.33. The third-order valence-corrected chi connectivity index (χ3v) is 4.87. The number of benzene rings is 1. The summed E-state index contributed by atoms with van der Waals surface area (Å²) in [4.78, 5) is 62.0. The van der Waals surface area contributed by atoms with E-state index in [9.17, 15) is 24.0 Å². The van der Waals surface area contributed by atoms with E-state index in [0.29, 0.717) is 0 Å². The van der Waals surface area contributed by atoms with Crippen molar-refractivity contribution in [2.45, 2.75) is 58.4 Å². The van der Waals surface area contributed by atoms with Gasteiger partial charge >= 0.3 is 6.09 Å². The lowest BCUT2D eigenvalue weighted by molar-refractivity contribution is -0.136. The zero-order valence-electron chi connectivity index (χ0n) is 18.9. The van der Waals surface area contributed by atoms with Crippen molar-refractivity contribution in [3.8, 4) is 5.75 Å². The van der Waals surface area contributed by atoms with Gasteiger partial charge in [-0.05, 0) is 46.2 Å². The van der Waals surface area contributed by atoms with Gasteiger partial charge < -0.3 is 19.5 Å². The molecule has 0 aromatic heterocycles. The van der Waals surface area contributed by atoms with Gasteiger partial charge in [0.2, 0.25) is 18.1 Å². The van der Waals surface area contributed by atoms with Crippen molar-refractivity contribution in [1.82, 2.24) is 15.5 Å². The van der Waals surface area contributed by atoms with Crippen molar-refractivity contribution in [2.24, 2.45) is 0 Å². The fourth-order valence-corrected chi connectivity index (χ4v) is 3.49. The van der Waals surface area contributed by atoms with Gasteiger partial charge in [-0.2, -0.15) is 0 Å². The average Bonchev–Trinajstić information content (AvgIpc) is 2.95. The van der Waals surface area contributed by atoms with E-state index in [1.54, 1.807) is 13.0 Å². The monoisotopic (exact) mass is 461 g/mol. The molecule has 178 valence electrons. The number of ether oxygens (including phenoxy) is 3. The van der Waals surface area contributed by atoms with Crippen LogP contribution in [0.15, 0.2) is 18.2 Å². The molecule has 33 heavy (non-hydrogen) atoms. The Bertz CT molecular complexity index is 984. The predicted molar refractivity (Wildman–Crippen MR) is 113 cm³/mol. The zero-order valence-corrected chi connectivity index (χ0v) is 18.9. The summed E-state index contributed by atoms with van der Waals surface area (Å²) < 4.78 is 16.1. The number of rotatable bonds is 7. The van der Waals surface area contributed by atoms with Crippen LogP contribution >= 0.6 is 0 Å². The number of hydrogen-bond acceptors (Lipinski definition) is 8. The quantitative estimate of drug-likeness (QED) is 0.352. The molecule has 11 nitrogen and oxygen atoms in total. The Hall–Kier alpha value is -3.47. The summed E-state index contributed by atoms with van der Waals surface area (Å²) in [6.07, 6.45) is -1.34. The summed E-state index contributed by atoms with van der Waals surface area (Å²) >= 11 is 0. The van der Waals surface area contributed by atoms with E-state index >= 15 is 0 Å². The molecule has 1 fully saturated rings. The third-order valence-electron chi connectivity index (χ3n) is 4.87. The number of imide groups is 2. The fourth-order valence-electron chi connectivity index (χ4n) is 3.49. The number of nitrogens with zero attached hydrogens (tertiary/aromatic N) is 1. The summed E-state index contributed by atoms with van der Waals surface area (Å²) in [5.41, 5.74) is -0.265. The van der Waals surface area contributed by atoms with Crippen molar-refractivity contribution < 1.29 is 38.2 Å². The lowest BCUT2D eigenvalue weighted by Gasteiger charge is -2.27. The molecule has 1 aromatic carbocycles. The summed E-state index contributed by atoms with van der Waals surface area (Å²) in [6, 6.07) is 3.53. The normalized spacial score (nSPS) is 19.2. The average molecular weight is 461 g/mol. The van der Waals surface area contributed by atoms with Gasteiger partial charge in [-0.15, -0.1) is 0 Å². The van der Waals surface area contributed by atoms with Gasteiger partial charge in [0.25, 0.3) is 11.8 Å². The fraction of sp³-hybridized carbons (Fsp3) is 0.500. The Morgan fingerprint density at radius 3 is 2.58 bits per heavy atom. The number of carbonyl (C=O) groups is 5. The molecule has 2 aliphatic heterocycles. The summed E-state index contributed by atoms with van der Waals surface area (Å²) in [7, 11) is 0. The molecule has 0 aliphatic carbocycles. The maximum absolute atomic E-state index is 13.0. The minimum absolute atomic E-state index is 0.0188. The molecular weight excluding hydrogens is 434 g/mol. The first-order valence-corrected chi connectivity index (χ1v) is 10.6. The second-order valence-electron chi connectivity index (χ2n) is 8.69. The third kappa shape index (κ3) is 5.67. The molecule has 0 saturated carbocycles. The molecule has 0 bridgehead atoms. The van der Waals surface area contributed by atoms with Crippen LogP contribution in [0, 0.1) is 0 Å². The van der Waals surface area contributed by atoms with Crippen LogP contribution in [0.2, 0.25) is 0 Å². The first-order chi connectivity index (χ1) is 15.5. The Kier molecular flexibility index (Phi) is 7.01. The molecule has 2 N–H and O–H groups in total. The van der Waals surface area contributed by atoms with E-state index in [4.69, 9.17) is 14.2 Å². The van der Waals surface area contributed by atoms with Crippen LogP contribution in [0.25, 0.3) is 0 Å². The number of carbonyl (C=O) groups excluding carboxylic acids is 5. The second kappa shape index (κ2) is 9.57. The molecule has 0 spiro atoms. The second-order valence-corrected chi connectivity index (χ2v) is 8.69. The van der Waals surface area contributed by atoms with E-state index < -0.39 is 47.6 Å². The van der Waals surface area contributed by atoms with Crippen LogP contribution in [-0.2, 0) is 19.1 Å². The van der Waals surface area contributed by atoms with Gasteiger partial charge in [0, 0.05) is 12.0 Å². The van der Waals surface area contributed by atoms with Crippen molar-refractivity contribution >= 4 is 29.7 Å². The predicted octanol–water partition coefficient (Wildman–Crippen LogP) is 1.35. The first kappa shape index (κ1) is 24.2. The number of alkyl carbamates (subject to hydrolysis) is 1. The van der Waals surface area contributed by atoms with Crippen LogP contribution in [-0.4, -0.2) is 65.7 Å². The van der Waals surface area contributed by atoms with Gasteiger partial charge in [-0.3, -0.25) is 29.4 Å². The van der Waals surface area contributed by atoms with Gasteiger partial charge in [-0.1, -0.05) is 6.07 Å². The van der Waals surface area contributed by atoms with Gasteiger partial charge in [-0.25, -0.2) is 4.79 Å². The maximum atomic E-state index is 13.0. The van der Waals surface area contributed by atoms with Crippen LogP contribution in [0.5, 0.6) is 5.75 Å². The molecule has 2 atom stereocenters. The molecule has 1 aromatic rings. The molecule has 5 amide bonds. The van der Waals surface area contributed by atoms with Crippen LogP contribution in [0.1, 0.15) is 61.3 Å². The number of amides is 5. The smallest absolute Gasteiger partial charge is 0.409 e. The number of hydrogen-bond donors (Lipinski definition) is 2. The highest BCUT2D eigenvalue weighted by atomic mass is 16.7. The number of fused-ring (bicyclic) bond motifs is 1. The Morgan fingerprint density at radius 2 is 1.91 bits per heavy atom. The largest absolute Gasteiger partial charge is 0.490 e. The van der Waals surface area contributed by atoms with E-state index in [2.05, 4.69) is 10.6 Å². The van der Waals surface area contributed by atoms with Crippen molar-refractivity contribution in [3.05, 3.63) is 29.3 Å². The van der Waals surface area contributed by atoms with E-state index in [1.807, 2.05) is 20.8 Å². The highest BCUT2D eigenvalue weighted by molar-refractivity contribution is 6.24. The Morgan fingerprint density at radius 1 is 1.18 bits per heavy atom. The Labute approximate surface area is 190 Å². The van der Waals surface area contributed by atoms with Crippen molar-refractivity contribution in [1.29, 1.82) is 0 Å². The van der Waals surface area contributed by atoms with E-state index in [-0.39, 0.29) is 42.9 Å². The van der Waals surface area contributed by atoms with Crippen LogP contribution in [0.4, 0.5) is 4.79 Å². The maximum Gasteiger partial charge on any atom is 0.409 e. The molecule has 0 radical (unpaired) electrons. The molecule has 1 saturated heterocycles. The number of nitrogens with one attached hydrogen (secondary N) is 2. The summed E-state index contributed by atoms with van der Waals surface area (Å²) in [5.74, 6) is -2.22. The van der Waals surface area contributed by atoms with Gasteiger partial charge in [0.05, 0.1) is 17.7 Å². The zero-order chi connectivity index (χ0) is 24.3. The van der Waals surface area contributed by atoms with Crippen LogP contribution in [0.3, 0.4) is 0 Å². The first-order valence-electron chi connectivity index (χ1n) is 10.6. The van der Waals surface area contributed by atoms with Crippen LogP contribution < -0.4 is 15.4 Å². The van der Waals surface area contributed by atoms with Gasteiger partial charge in [0.15, 0.2) is 0 Å². The van der Waals surface area contributed by atoms with Crippen molar-refractivity contribution in [2.75, 3.05) is 13.2 Å². The lowest BCUT2D eigenvalue weighted by atomic mass is 10.0. The van der Waals surface area contributed by atoms with Crippen molar-refractivity contribution in [3.63, 3.8) is 0 Å². The molecule has 2 heterocycles. The number of piperidine rings is 1. The van der Waals surface area contributed by atoms with Gasteiger partial charge in [0.1, 0.15) is 18.4 Å². The molecular formula is C22H27N3O8. The minimum atomic E-state index is -1.05. The topological polar surface area (TPSA) is 140 Å². The van der Waals surface area contributed by atoms with E-state index in [0.717, 1.165) is 4.90 Å². The highest BCUT2D eigenvalue weighted by Gasteiger charge is 2.46. The molecule has 3 rings (SSSR count). The Balaban J connectivity index is 1.58. The lowest BCUT2D eigenvalue weighted by Crippen LogP contribution is -2.54. The SMILES string of the molecule is CC(OCCOc1cccc2c1C(=O)N(C1CCC(=O)NC1=O)C2=O)OC(=O)NC(C)(C)C. The standard InChI is InChI=1S/C22H27N3O8/c1-12(33-21(30)24-22(2,3)4)31-10-11-32-15-7-5-6-13-17(15)20(29)25(19(13)28)14-8-9-16(26)23-18(14)27/h5-7,12,14H,8-11H2,1-4H3,(H,24,30)(H,23,26,27). The molecule has 11 heteroatoms. The molecule has 2 aliphatic rings. The summed E-state index contributed by atoms with van der Waals surface area (Å²) in [6.45, 7) is 7.08. The van der Waals surface area contributed by atoms with E-state index in [1.165, 1.54) is 12.1 Å². The molecule has 2 unspecified atom stereocenters. The minimum Gasteiger partial charge on any atom is -0.490 e. The summed E-state index contributed by atoms with van der Waals surface area (Å²) in [5, 5.41) is 4.80.